The van der Waals surface area contributed by atoms with Gasteiger partial charge in [0.1, 0.15) is 0 Å². The Kier molecular flexibility index (Phi) is 4.29. The Morgan fingerprint density at radius 1 is 1.60 bits per heavy atom. The van der Waals surface area contributed by atoms with Crippen LogP contribution in [0.25, 0.3) is 0 Å². The summed E-state index contributed by atoms with van der Waals surface area (Å²) in [7, 11) is 1.37. The fourth-order valence-electron chi connectivity index (χ4n) is 1.41. The fraction of sp³-hybridized carbons (Fsp3) is 0.364. The standard InChI is InChI=1S/C11H14BrNO2/c1-7-3-4-8(10(12)5-7)9(6-13)11(14)15-2/h3-5,9H,6,13H2,1-2H3. The number of esters is 1. The fourth-order valence-corrected chi connectivity index (χ4v) is 2.18. The summed E-state index contributed by atoms with van der Waals surface area (Å²) < 4.78 is 5.60. The number of rotatable bonds is 3. The van der Waals surface area contributed by atoms with Gasteiger partial charge in [-0.25, -0.2) is 0 Å². The molecule has 0 bridgehead atoms. The van der Waals surface area contributed by atoms with E-state index in [0.717, 1.165) is 15.6 Å². The topological polar surface area (TPSA) is 52.3 Å². The summed E-state index contributed by atoms with van der Waals surface area (Å²) in [5.74, 6) is -0.702. The molecular formula is C11H14BrNO2. The number of nitrogens with two attached hydrogens (primary N) is 1. The molecule has 0 amide bonds. The second kappa shape index (κ2) is 5.28. The lowest BCUT2D eigenvalue weighted by molar-refractivity contribution is -0.142. The van der Waals surface area contributed by atoms with E-state index < -0.39 is 5.92 Å². The van der Waals surface area contributed by atoms with E-state index in [1.165, 1.54) is 7.11 Å². The van der Waals surface area contributed by atoms with E-state index in [2.05, 4.69) is 15.9 Å². The molecule has 1 aromatic carbocycles. The van der Waals surface area contributed by atoms with E-state index in [0.29, 0.717) is 0 Å². The molecule has 0 aliphatic heterocycles. The van der Waals surface area contributed by atoms with Crippen molar-refractivity contribution < 1.29 is 9.53 Å². The van der Waals surface area contributed by atoms with Gasteiger partial charge in [-0.15, -0.1) is 0 Å². The first kappa shape index (κ1) is 12.2. The lowest BCUT2D eigenvalue weighted by Gasteiger charge is -2.14. The molecule has 82 valence electrons. The van der Waals surface area contributed by atoms with Crippen molar-refractivity contribution in [2.75, 3.05) is 13.7 Å². The molecule has 0 heterocycles. The highest BCUT2D eigenvalue weighted by Crippen LogP contribution is 2.26. The van der Waals surface area contributed by atoms with Crippen molar-refractivity contribution in [3.63, 3.8) is 0 Å². The number of hydrogen-bond donors (Lipinski definition) is 1. The van der Waals surface area contributed by atoms with Crippen molar-refractivity contribution in [3.8, 4) is 0 Å². The third-order valence-electron chi connectivity index (χ3n) is 2.25. The number of hydrogen-bond acceptors (Lipinski definition) is 3. The van der Waals surface area contributed by atoms with Crippen molar-refractivity contribution in [2.24, 2.45) is 5.73 Å². The smallest absolute Gasteiger partial charge is 0.314 e. The second-order valence-corrected chi connectivity index (χ2v) is 4.19. The van der Waals surface area contributed by atoms with E-state index in [1.807, 2.05) is 25.1 Å². The van der Waals surface area contributed by atoms with Crippen molar-refractivity contribution >= 4 is 21.9 Å². The van der Waals surface area contributed by atoms with Gasteiger partial charge in [-0.2, -0.15) is 0 Å². The maximum atomic E-state index is 11.5. The van der Waals surface area contributed by atoms with Gasteiger partial charge < -0.3 is 10.5 Å². The van der Waals surface area contributed by atoms with Gasteiger partial charge >= 0.3 is 5.97 Å². The highest BCUT2D eigenvalue weighted by Gasteiger charge is 2.21. The first-order valence-corrected chi connectivity index (χ1v) is 5.43. The Balaban J connectivity index is 3.07. The molecule has 0 fully saturated rings. The summed E-state index contributed by atoms with van der Waals surface area (Å²) in [6.07, 6.45) is 0. The van der Waals surface area contributed by atoms with Crippen molar-refractivity contribution in [1.82, 2.24) is 0 Å². The molecule has 0 radical (unpaired) electrons. The average molecular weight is 272 g/mol. The molecule has 4 heteroatoms. The van der Waals surface area contributed by atoms with Gasteiger partial charge in [0.05, 0.1) is 13.0 Å². The summed E-state index contributed by atoms with van der Waals surface area (Å²) in [6.45, 7) is 2.23. The van der Waals surface area contributed by atoms with Crippen molar-refractivity contribution in [1.29, 1.82) is 0 Å². The van der Waals surface area contributed by atoms with Crippen LogP contribution in [-0.2, 0) is 9.53 Å². The molecule has 0 saturated carbocycles. The highest BCUT2D eigenvalue weighted by atomic mass is 79.9. The van der Waals surface area contributed by atoms with Gasteiger partial charge in [-0.1, -0.05) is 28.1 Å². The Morgan fingerprint density at radius 3 is 2.73 bits per heavy atom. The molecule has 1 rings (SSSR count). The number of methoxy groups -OCH3 is 1. The van der Waals surface area contributed by atoms with Gasteiger partial charge in [0.25, 0.3) is 0 Å². The van der Waals surface area contributed by atoms with E-state index in [1.54, 1.807) is 0 Å². The lowest BCUT2D eigenvalue weighted by Crippen LogP contribution is -2.23. The molecule has 1 aromatic rings. The predicted molar refractivity (Wildman–Crippen MR) is 62.7 cm³/mol. The number of halogens is 1. The molecule has 0 saturated heterocycles. The Hall–Kier alpha value is -0.870. The Bertz CT molecular complexity index is 366. The lowest BCUT2D eigenvalue weighted by atomic mass is 9.98. The summed E-state index contributed by atoms with van der Waals surface area (Å²) in [6, 6.07) is 5.81. The normalized spacial score (nSPS) is 12.3. The number of carbonyl (C=O) groups excluding carboxylic acids is 1. The predicted octanol–water partition coefficient (Wildman–Crippen LogP) is 1.97. The van der Waals surface area contributed by atoms with Crippen LogP contribution >= 0.6 is 15.9 Å². The van der Waals surface area contributed by atoms with Gasteiger partial charge in [-0.05, 0) is 24.1 Å². The molecule has 2 N–H and O–H groups in total. The molecule has 0 aliphatic rings. The average Bonchev–Trinajstić information content (AvgIpc) is 2.21. The molecular weight excluding hydrogens is 258 g/mol. The first-order valence-electron chi connectivity index (χ1n) is 4.64. The van der Waals surface area contributed by atoms with Gasteiger partial charge in [0.2, 0.25) is 0 Å². The highest BCUT2D eigenvalue weighted by molar-refractivity contribution is 9.10. The van der Waals surface area contributed by atoms with Crippen LogP contribution < -0.4 is 5.73 Å². The summed E-state index contributed by atoms with van der Waals surface area (Å²) >= 11 is 3.42. The summed E-state index contributed by atoms with van der Waals surface area (Å²) in [4.78, 5) is 11.5. The minimum atomic E-state index is -0.398. The van der Waals surface area contributed by atoms with E-state index >= 15 is 0 Å². The monoisotopic (exact) mass is 271 g/mol. The summed E-state index contributed by atoms with van der Waals surface area (Å²) in [5, 5.41) is 0. The van der Waals surface area contributed by atoms with Gasteiger partial charge in [0.15, 0.2) is 0 Å². The number of carbonyl (C=O) groups is 1. The Morgan fingerprint density at radius 2 is 2.27 bits per heavy atom. The SMILES string of the molecule is COC(=O)C(CN)c1ccc(C)cc1Br. The zero-order chi connectivity index (χ0) is 11.4. The molecule has 0 aliphatic carbocycles. The van der Waals surface area contributed by atoms with E-state index in [-0.39, 0.29) is 12.5 Å². The van der Waals surface area contributed by atoms with Crippen LogP contribution in [0.4, 0.5) is 0 Å². The van der Waals surface area contributed by atoms with Crippen LogP contribution in [0, 0.1) is 6.92 Å². The Labute approximate surface area is 97.7 Å². The third kappa shape index (κ3) is 2.79. The van der Waals surface area contributed by atoms with Crippen LogP contribution in [0.3, 0.4) is 0 Å². The molecule has 15 heavy (non-hydrogen) atoms. The first-order chi connectivity index (χ1) is 7.10. The van der Waals surface area contributed by atoms with E-state index in [9.17, 15) is 4.79 Å². The molecule has 0 aromatic heterocycles. The summed E-state index contributed by atoms with van der Waals surface area (Å²) in [5.41, 5.74) is 7.57. The number of benzene rings is 1. The second-order valence-electron chi connectivity index (χ2n) is 3.34. The third-order valence-corrected chi connectivity index (χ3v) is 2.94. The van der Waals surface area contributed by atoms with Crippen LogP contribution in [-0.4, -0.2) is 19.6 Å². The van der Waals surface area contributed by atoms with Gasteiger partial charge in [-0.3, -0.25) is 4.79 Å². The van der Waals surface area contributed by atoms with Crippen LogP contribution in [0.15, 0.2) is 22.7 Å². The minimum absolute atomic E-state index is 0.244. The zero-order valence-electron chi connectivity index (χ0n) is 8.79. The van der Waals surface area contributed by atoms with Crippen LogP contribution in [0.5, 0.6) is 0 Å². The van der Waals surface area contributed by atoms with Gasteiger partial charge in [0, 0.05) is 11.0 Å². The minimum Gasteiger partial charge on any atom is -0.469 e. The quantitative estimate of drug-likeness (QED) is 0.856. The molecule has 1 unspecified atom stereocenters. The molecule has 1 atom stereocenters. The number of aryl methyl sites for hydroxylation is 1. The largest absolute Gasteiger partial charge is 0.469 e. The van der Waals surface area contributed by atoms with E-state index in [4.69, 9.17) is 10.5 Å². The van der Waals surface area contributed by atoms with Crippen molar-refractivity contribution in [2.45, 2.75) is 12.8 Å². The van der Waals surface area contributed by atoms with Crippen molar-refractivity contribution in [3.05, 3.63) is 33.8 Å². The molecule has 3 nitrogen and oxygen atoms in total. The maximum Gasteiger partial charge on any atom is 0.314 e. The number of ether oxygens (including phenoxy) is 1. The van der Waals surface area contributed by atoms with Crippen LogP contribution in [0.1, 0.15) is 17.0 Å². The molecule has 0 spiro atoms. The van der Waals surface area contributed by atoms with Crippen LogP contribution in [0.2, 0.25) is 0 Å². The maximum absolute atomic E-state index is 11.5. The zero-order valence-corrected chi connectivity index (χ0v) is 10.4.